The Morgan fingerprint density at radius 1 is 1.11 bits per heavy atom. The minimum Gasteiger partial charge on any atom is -0.760 e. The predicted molar refractivity (Wildman–Crippen MR) is 137 cm³/mol. The van der Waals surface area contributed by atoms with Gasteiger partial charge in [0.1, 0.15) is 17.5 Å². The molecule has 0 amide bonds. The Morgan fingerprint density at radius 3 is 2.41 bits per heavy atom. The summed E-state index contributed by atoms with van der Waals surface area (Å²) in [5.41, 5.74) is 4.43. The zero-order valence-electron chi connectivity index (χ0n) is 21.1. The van der Waals surface area contributed by atoms with Gasteiger partial charge in [0, 0.05) is 54.1 Å². The minimum atomic E-state index is -4.45. The Labute approximate surface area is 217 Å². The van der Waals surface area contributed by atoms with Gasteiger partial charge in [-0.15, -0.1) is 0 Å². The first-order valence-corrected chi connectivity index (χ1v) is 12.9. The summed E-state index contributed by atoms with van der Waals surface area (Å²) in [5, 5.41) is 7.48. The summed E-state index contributed by atoms with van der Waals surface area (Å²) in [7, 11) is 0. The molecule has 0 spiro atoms. The number of aromatic nitrogens is 3. The van der Waals surface area contributed by atoms with Crippen molar-refractivity contribution in [3.63, 3.8) is 0 Å². The first-order valence-electron chi connectivity index (χ1n) is 11.7. The van der Waals surface area contributed by atoms with Gasteiger partial charge in [0.15, 0.2) is 0 Å². The Morgan fingerprint density at radius 2 is 1.78 bits per heavy atom. The Kier molecular flexibility index (Phi) is 9.21. The molecule has 8 nitrogen and oxygen atoms in total. The maximum absolute atomic E-state index is 13.6. The van der Waals surface area contributed by atoms with Crippen LogP contribution in [0.4, 0.5) is 30.5 Å². The van der Waals surface area contributed by atoms with E-state index >= 15 is 0 Å². The molecule has 0 bridgehead atoms. The maximum atomic E-state index is 13.6. The third-order valence-electron chi connectivity index (χ3n) is 6.04. The number of alkyl halides is 3. The monoisotopic (exact) mass is 535 g/mol. The van der Waals surface area contributed by atoms with Gasteiger partial charge in [-0.05, 0) is 55.7 Å². The van der Waals surface area contributed by atoms with E-state index in [0.29, 0.717) is 25.9 Å². The number of nitrogens with one attached hydrogen (secondary N) is 1. The number of anilines is 3. The van der Waals surface area contributed by atoms with Crippen molar-refractivity contribution >= 4 is 28.6 Å². The molecule has 1 aliphatic heterocycles. The average Bonchev–Trinajstić information content (AvgIpc) is 3.03. The molecule has 3 heterocycles. The number of nitrogens with two attached hydrogens (primary N) is 1. The van der Waals surface area contributed by atoms with Gasteiger partial charge < -0.3 is 14.8 Å². The van der Waals surface area contributed by atoms with Crippen LogP contribution in [0.3, 0.4) is 0 Å². The van der Waals surface area contributed by atoms with Crippen LogP contribution in [-0.2, 0) is 30.3 Å². The largest absolute Gasteiger partial charge is 0.760 e. The van der Waals surface area contributed by atoms with Gasteiger partial charge in [0.05, 0.1) is 11.3 Å². The summed E-state index contributed by atoms with van der Waals surface area (Å²) >= 11 is -2.36. The van der Waals surface area contributed by atoms with E-state index in [-0.39, 0.29) is 11.7 Å². The van der Waals surface area contributed by atoms with E-state index in [9.17, 15) is 13.2 Å². The van der Waals surface area contributed by atoms with Crippen molar-refractivity contribution < 1.29 is 21.9 Å². The van der Waals surface area contributed by atoms with Crippen molar-refractivity contribution in [3.8, 4) is 0 Å². The summed E-state index contributed by atoms with van der Waals surface area (Å²) in [6.07, 6.45) is -2.00. The first-order chi connectivity index (χ1) is 17.4. The number of nitrogens with zero attached hydrogens (tertiary/aromatic N) is 4. The van der Waals surface area contributed by atoms with E-state index in [0.717, 1.165) is 34.7 Å². The summed E-state index contributed by atoms with van der Waals surface area (Å²) in [5.74, 6) is 1.55. The molecule has 3 N–H and O–H groups in total. The van der Waals surface area contributed by atoms with Crippen LogP contribution in [0.15, 0.2) is 36.5 Å². The second-order valence-electron chi connectivity index (χ2n) is 9.05. The Bertz CT molecular complexity index is 1270. The van der Waals surface area contributed by atoms with E-state index in [2.05, 4.69) is 41.4 Å². The number of rotatable bonds is 4. The number of hydrogen-bond acceptors (Lipinski definition) is 7. The highest BCUT2D eigenvalue weighted by Crippen LogP contribution is 2.36. The minimum absolute atomic E-state index is 0.0292. The third-order valence-corrected chi connectivity index (χ3v) is 6.04. The highest BCUT2D eigenvalue weighted by atomic mass is 32.2. The van der Waals surface area contributed by atoms with Gasteiger partial charge >= 0.3 is 6.18 Å². The van der Waals surface area contributed by atoms with Crippen LogP contribution in [0.2, 0.25) is 0 Å². The van der Waals surface area contributed by atoms with Crippen LogP contribution in [-0.4, -0.2) is 36.8 Å². The molecule has 2 aromatic heterocycles. The molecular weight excluding hydrogens is 505 g/mol. The smallest absolute Gasteiger partial charge is 0.419 e. The van der Waals surface area contributed by atoms with E-state index in [4.69, 9.17) is 18.7 Å². The van der Waals surface area contributed by atoms with Crippen LogP contribution in [0.1, 0.15) is 53.5 Å². The molecule has 37 heavy (non-hydrogen) atoms. The number of aryl methyl sites for hydroxylation is 2. The lowest BCUT2D eigenvalue weighted by Gasteiger charge is -2.24. The average molecular weight is 536 g/mol. The van der Waals surface area contributed by atoms with E-state index in [1.807, 2.05) is 19.9 Å². The molecule has 1 aliphatic rings. The quantitative estimate of drug-likeness (QED) is 0.464. The van der Waals surface area contributed by atoms with Gasteiger partial charge in [-0.2, -0.15) is 13.2 Å². The molecule has 12 heteroatoms. The standard InChI is InChI=1S/C25H28F3N5.H3NO2S/c1-15(2)22-31-21-10-13-33(24-20(25(26,27)28)6-5-11-29-24)12-9-19(21)23(32-22)30-18-8-7-16(3)17(4)14-18;1-4(2)3/h5-8,11,14-15H,9-10,12-13H2,1-4H3,(H,30,31,32);1H2,(H,2,3)/p-1. The second kappa shape index (κ2) is 12.0. The zero-order valence-corrected chi connectivity index (χ0v) is 21.9. The topological polar surface area (TPSA) is 120 Å². The van der Waals surface area contributed by atoms with Gasteiger partial charge in [-0.3, -0.25) is 9.35 Å². The highest BCUT2D eigenvalue weighted by Gasteiger charge is 2.36. The lowest BCUT2D eigenvalue weighted by Crippen LogP contribution is -2.29. The van der Waals surface area contributed by atoms with Crippen molar-refractivity contribution in [2.24, 2.45) is 5.14 Å². The summed E-state index contributed by atoms with van der Waals surface area (Å²) in [6.45, 7) is 9.00. The SMILES string of the molecule is Cc1ccc(Nc2nc(C(C)C)nc3c2CCN(c2ncccc2C(F)(F)F)CC3)cc1C.NS(=O)[O-]. The van der Waals surface area contributed by atoms with Crippen LogP contribution < -0.4 is 15.4 Å². The van der Waals surface area contributed by atoms with Crippen molar-refractivity contribution in [1.82, 2.24) is 15.0 Å². The molecule has 0 saturated carbocycles. The van der Waals surface area contributed by atoms with Crippen molar-refractivity contribution in [1.29, 1.82) is 0 Å². The molecule has 0 radical (unpaired) electrons. The first kappa shape index (κ1) is 28.5. The van der Waals surface area contributed by atoms with Crippen LogP contribution >= 0.6 is 0 Å². The van der Waals surface area contributed by atoms with Gasteiger partial charge in [0.2, 0.25) is 0 Å². The second-order valence-corrected chi connectivity index (χ2v) is 9.58. The molecule has 0 aliphatic carbocycles. The Balaban J connectivity index is 0.000000886. The maximum Gasteiger partial charge on any atom is 0.419 e. The summed E-state index contributed by atoms with van der Waals surface area (Å²) in [6, 6.07) is 8.56. The number of halogens is 3. The normalized spacial score (nSPS) is 14.4. The van der Waals surface area contributed by atoms with E-state index in [1.165, 1.54) is 23.4 Å². The molecule has 4 rings (SSSR count). The molecule has 0 fully saturated rings. The summed E-state index contributed by atoms with van der Waals surface area (Å²) in [4.78, 5) is 15.4. The zero-order chi connectivity index (χ0) is 27.3. The molecule has 200 valence electrons. The molecule has 3 aromatic rings. The molecule has 1 unspecified atom stereocenters. The Hall–Kier alpha value is -3.09. The lowest BCUT2D eigenvalue weighted by molar-refractivity contribution is -0.137. The lowest BCUT2D eigenvalue weighted by atomic mass is 10.1. The number of hydrogen-bond donors (Lipinski definition) is 2. The fourth-order valence-corrected chi connectivity index (χ4v) is 4.02. The van der Waals surface area contributed by atoms with Gasteiger partial charge in [-0.25, -0.2) is 15.0 Å². The van der Waals surface area contributed by atoms with Gasteiger partial charge in [-0.1, -0.05) is 19.9 Å². The molecule has 1 atom stereocenters. The fraction of sp³-hybridized carbons (Fsp3) is 0.400. The molecule has 0 saturated heterocycles. The van der Waals surface area contributed by atoms with Crippen molar-refractivity contribution in [2.45, 2.75) is 52.6 Å². The number of fused-ring (bicyclic) bond motifs is 1. The predicted octanol–water partition coefficient (Wildman–Crippen LogP) is 4.72. The van der Waals surface area contributed by atoms with Crippen LogP contribution in [0, 0.1) is 13.8 Å². The molecule has 1 aromatic carbocycles. The third kappa shape index (κ3) is 7.46. The van der Waals surface area contributed by atoms with E-state index < -0.39 is 23.0 Å². The molecular formula is C25H30F3N6O2S-. The number of pyridine rings is 1. The van der Waals surface area contributed by atoms with Gasteiger partial charge in [0.25, 0.3) is 0 Å². The number of benzene rings is 1. The van der Waals surface area contributed by atoms with E-state index in [1.54, 1.807) is 4.90 Å². The highest BCUT2D eigenvalue weighted by molar-refractivity contribution is 7.76. The van der Waals surface area contributed by atoms with Crippen molar-refractivity contribution in [3.05, 3.63) is 70.3 Å². The van der Waals surface area contributed by atoms with Crippen molar-refractivity contribution in [2.75, 3.05) is 23.3 Å². The summed E-state index contributed by atoms with van der Waals surface area (Å²) < 4.78 is 58.3. The fourth-order valence-electron chi connectivity index (χ4n) is 4.02. The van der Waals surface area contributed by atoms with Crippen LogP contribution in [0.5, 0.6) is 0 Å². The van der Waals surface area contributed by atoms with Crippen LogP contribution in [0.25, 0.3) is 0 Å².